The van der Waals surface area contributed by atoms with Gasteiger partial charge < -0.3 is 14.8 Å². The first kappa shape index (κ1) is 18.3. The molecule has 144 valence electrons. The van der Waals surface area contributed by atoms with Crippen LogP contribution in [0.15, 0.2) is 55.1 Å². The topological polar surface area (TPSA) is 85.3 Å². The van der Waals surface area contributed by atoms with E-state index in [1.165, 1.54) is 5.56 Å². The molecule has 1 aliphatic heterocycles. The molecule has 1 aromatic carbocycles. The number of rotatable bonds is 6. The smallest absolute Gasteiger partial charge is 0.228 e. The summed E-state index contributed by atoms with van der Waals surface area (Å²) >= 11 is 0. The second-order valence-corrected chi connectivity index (χ2v) is 6.47. The Morgan fingerprint density at radius 2 is 2.11 bits per heavy atom. The molecule has 28 heavy (non-hydrogen) atoms. The molecule has 0 spiro atoms. The number of anilines is 2. The Kier molecular flexibility index (Phi) is 5.69. The summed E-state index contributed by atoms with van der Waals surface area (Å²) in [5.74, 6) is 1.95. The van der Waals surface area contributed by atoms with E-state index < -0.39 is 0 Å². The second kappa shape index (κ2) is 8.73. The number of methoxy groups -OCH3 is 1. The van der Waals surface area contributed by atoms with Crippen molar-refractivity contribution in [1.29, 1.82) is 0 Å². The zero-order valence-electron chi connectivity index (χ0n) is 15.7. The molecule has 3 heterocycles. The molecule has 1 fully saturated rings. The summed E-state index contributed by atoms with van der Waals surface area (Å²) in [4.78, 5) is 19.6. The van der Waals surface area contributed by atoms with Gasteiger partial charge in [0.2, 0.25) is 5.95 Å². The van der Waals surface area contributed by atoms with Crippen molar-refractivity contribution < 1.29 is 9.47 Å². The second-order valence-electron chi connectivity index (χ2n) is 6.47. The molecule has 8 heteroatoms. The molecule has 3 aromatic rings. The van der Waals surface area contributed by atoms with Crippen molar-refractivity contribution in [2.24, 2.45) is 0 Å². The first-order valence-corrected chi connectivity index (χ1v) is 9.13. The quantitative estimate of drug-likeness (QED) is 0.701. The number of nitrogens with one attached hydrogen (secondary N) is 1. The highest BCUT2D eigenvalue weighted by molar-refractivity contribution is 5.45. The van der Waals surface area contributed by atoms with E-state index in [-0.39, 0.29) is 6.10 Å². The van der Waals surface area contributed by atoms with E-state index in [1.54, 1.807) is 38.0 Å². The van der Waals surface area contributed by atoms with Crippen molar-refractivity contribution in [3.05, 3.63) is 66.4 Å². The summed E-state index contributed by atoms with van der Waals surface area (Å²) in [5, 5.41) is 3.07. The third-order valence-electron chi connectivity index (χ3n) is 4.48. The average molecular weight is 378 g/mol. The molecular formula is C20H22N6O2. The highest BCUT2D eigenvalue weighted by Gasteiger charge is 2.24. The van der Waals surface area contributed by atoms with E-state index in [9.17, 15) is 0 Å². The maximum Gasteiger partial charge on any atom is 0.228 e. The predicted molar refractivity (Wildman–Crippen MR) is 104 cm³/mol. The van der Waals surface area contributed by atoms with Crippen LogP contribution in [0.25, 0.3) is 0 Å². The molecule has 0 bridgehead atoms. The molecule has 4 rings (SSSR count). The third-order valence-corrected chi connectivity index (χ3v) is 4.48. The molecule has 0 saturated carbocycles. The molecule has 1 aliphatic rings. The van der Waals surface area contributed by atoms with Crippen molar-refractivity contribution in [3.63, 3.8) is 0 Å². The van der Waals surface area contributed by atoms with Crippen LogP contribution < -0.4 is 10.1 Å². The fourth-order valence-electron chi connectivity index (χ4n) is 3.13. The molecule has 0 aliphatic carbocycles. The average Bonchev–Trinajstić information content (AvgIpc) is 2.75. The van der Waals surface area contributed by atoms with Gasteiger partial charge in [0.25, 0.3) is 0 Å². The summed E-state index contributed by atoms with van der Waals surface area (Å²) < 4.78 is 11.3. The molecule has 0 radical (unpaired) electrons. The fraction of sp³-hybridized carbons (Fsp3) is 0.300. The van der Waals surface area contributed by atoms with E-state index in [2.05, 4.69) is 42.3 Å². The van der Waals surface area contributed by atoms with Gasteiger partial charge in [0.05, 0.1) is 31.8 Å². The number of hydrogen-bond acceptors (Lipinski definition) is 8. The highest BCUT2D eigenvalue weighted by Crippen LogP contribution is 2.23. The van der Waals surface area contributed by atoms with Crippen LogP contribution in [0.5, 0.6) is 5.75 Å². The van der Waals surface area contributed by atoms with Crippen LogP contribution in [-0.4, -0.2) is 51.6 Å². The molecular weight excluding hydrogens is 356 g/mol. The van der Waals surface area contributed by atoms with Gasteiger partial charge in [0.1, 0.15) is 11.9 Å². The van der Waals surface area contributed by atoms with Crippen molar-refractivity contribution in [3.8, 4) is 5.75 Å². The van der Waals surface area contributed by atoms with Gasteiger partial charge >= 0.3 is 0 Å². The van der Waals surface area contributed by atoms with Gasteiger partial charge in [-0.2, -0.15) is 0 Å². The van der Waals surface area contributed by atoms with E-state index >= 15 is 0 Å². The van der Waals surface area contributed by atoms with E-state index in [4.69, 9.17) is 9.47 Å². The number of nitrogens with zero attached hydrogens (tertiary/aromatic N) is 5. The lowest BCUT2D eigenvalue weighted by atomic mass is 10.1. The van der Waals surface area contributed by atoms with Crippen molar-refractivity contribution in [2.45, 2.75) is 12.6 Å². The monoisotopic (exact) mass is 378 g/mol. The lowest BCUT2D eigenvalue weighted by Gasteiger charge is -2.32. The highest BCUT2D eigenvalue weighted by atomic mass is 16.5. The Balaban J connectivity index is 1.43. The minimum atomic E-state index is -0.134. The first-order valence-electron chi connectivity index (χ1n) is 9.13. The molecule has 1 N–H and O–H groups in total. The van der Waals surface area contributed by atoms with Gasteiger partial charge in [-0.05, 0) is 23.8 Å². The van der Waals surface area contributed by atoms with Crippen molar-refractivity contribution in [1.82, 2.24) is 24.8 Å². The van der Waals surface area contributed by atoms with Crippen LogP contribution in [0.1, 0.15) is 17.4 Å². The van der Waals surface area contributed by atoms with Crippen LogP contribution in [0, 0.1) is 0 Å². The Morgan fingerprint density at radius 3 is 2.96 bits per heavy atom. The van der Waals surface area contributed by atoms with Crippen LogP contribution in [0.2, 0.25) is 0 Å². The standard InChI is InChI=1S/C20H22N6O2/c1-27-16-5-2-4-15(10-16)13-26-8-9-28-18(14-26)17-11-21-12-19(24-17)25-20-22-6-3-7-23-20/h2-7,10-12,18H,8-9,13-14H2,1H3,(H,22,23,24,25)/t18-/m1/s1. The molecule has 8 nitrogen and oxygen atoms in total. The van der Waals surface area contributed by atoms with Crippen LogP contribution >= 0.6 is 0 Å². The normalized spacial score (nSPS) is 17.2. The summed E-state index contributed by atoms with van der Waals surface area (Å²) in [6.07, 6.45) is 6.61. The Bertz CT molecular complexity index is 908. The maximum atomic E-state index is 5.95. The largest absolute Gasteiger partial charge is 0.497 e. The number of benzene rings is 1. The van der Waals surface area contributed by atoms with E-state index in [0.717, 1.165) is 31.1 Å². The Morgan fingerprint density at radius 1 is 1.21 bits per heavy atom. The van der Waals surface area contributed by atoms with Gasteiger partial charge in [-0.15, -0.1) is 0 Å². The SMILES string of the molecule is COc1cccc(CN2CCO[C@@H](c3cncc(Nc4ncccn4)n3)C2)c1. The van der Waals surface area contributed by atoms with E-state index in [0.29, 0.717) is 18.4 Å². The Labute approximate surface area is 163 Å². The molecule has 1 saturated heterocycles. The van der Waals surface area contributed by atoms with Crippen LogP contribution in [0.4, 0.5) is 11.8 Å². The minimum Gasteiger partial charge on any atom is -0.497 e. The number of hydrogen-bond donors (Lipinski definition) is 1. The minimum absolute atomic E-state index is 0.134. The van der Waals surface area contributed by atoms with Gasteiger partial charge in [-0.25, -0.2) is 15.0 Å². The van der Waals surface area contributed by atoms with Gasteiger partial charge in [0.15, 0.2) is 5.82 Å². The van der Waals surface area contributed by atoms with Crippen LogP contribution in [0.3, 0.4) is 0 Å². The lowest BCUT2D eigenvalue weighted by molar-refractivity contribution is -0.0351. The fourth-order valence-corrected chi connectivity index (χ4v) is 3.13. The van der Waals surface area contributed by atoms with Gasteiger partial charge in [-0.3, -0.25) is 9.88 Å². The maximum absolute atomic E-state index is 5.95. The Hall–Kier alpha value is -3.10. The summed E-state index contributed by atoms with van der Waals surface area (Å²) in [6.45, 7) is 3.10. The van der Waals surface area contributed by atoms with Crippen molar-refractivity contribution in [2.75, 3.05) is 32.1 Å². The molecule has 2 aromatic heterocycles. The zero-order chi connectivity index (χ0) is 19.2. The first-order chi connectivity index (χ1) is 13.8. The molecule has 1 atom stereocenters. The number of aromatic nitrogens is 4. The summed E-state index contributed by atoms with van der Waals surface area (Å²) in [6, 6.07) is 9.90. The van der Waals surface area contributed by atoms with E-state index in [1.807, 2.05) is 12.1 Å². The van der Waals surface area contributed by atoms with Gasteiger partial charge in [-0.1, -0.05) is 12.1 Å². The zero-order valence-corrected chi connectivity index (χ0v) is 15.7. The number of ether oxygens (including phenoxy) is 2. The predicted octanol–water partition coefficient (Wildman–Crippen LogP) is 2.59. The summed E-state index contributed by atoms with van der Waals surface area (Å²) in [5.41, 5.74) is 2.00. The third kappa shape index (κ3) is 4.59. The molecule has 0 unspecified atom stereocenters. The number of morpholine rings is 1. The van der Waals surface area contributed by atoms with Crippen molar-refractivity contribution >= 4 is 11.8 Å². The molecule has 0 amide bonds. The summed E-state index contributed by atoms with van der Waals surface area (Å²) in [7, 11) is 1.68. The van der Waals surface area contributed by atoms with Gasteiger partial charge in [0, 0.05) is 32.0 Å². The lowest BCUT2D eigenvalue weighted by Crippen LogP contribution is -2.38. The van der Waals surface area contributed by atoms with Crippen LogP contribution in [-0.2, 0) is 11.3 Å².